The summed E-state index contributed by atoms with van der Waals surface area (Å²) in [6.45, 7) is 2.15. The SMILES string of the molecule is Cc1ccc(S(=O)(=O)N/N=C(/C(=N\OCc2ccccc2)c2ccccc2)c2ccccc2)cc1. The molecule has 0 amide bonds. The van der Waals surface area contributed by atoms with Crippen LogP contribution in [-0.4, -0.2) is 19.8 Å². The number of nitrogens with zero attached hydrogens (tertiary/aromatic N) is 2. The molecule has 176 valence electrons. The molecule has 0 aliphatic heterocycles. The Balaban J connectivity index is 1.73. The summed E-state index contributed by atoms with van der Waals surface area (Å²) in [5.41, 5.74) is 4.08. The maximum absolute atomic E-state index is 12.9. The molecule has 0 saturated carbocycles. The molecule has 4 rings (SSSR count). The molecule has 0 fully saturated rings. The number of hydrogen-bond donors (Lipinski definition) is 1. The minimum Gasteiger partial charge on any atom is -0.390 e. The van der Waals surface area contributed by atoms with Gasteiger partial charge in [0, 0.05) is 11.1 Å². The normalized spacial score (nSPS) is 12.3. The Morgan fingerprint density at radius 1 is 0.714 bits per heavy atom. The van der Waals surface area contributed by atoms with Gasteiger partial charge in [-0.3, -0.25) is 0 Å². The summed E-state index contributed by atoms with van der Waals surface area (Å²) >= 11 is 0. The highest BCUT2D eigenvalue weighted by atomic mass is 32.2. The zero-order valence-corrected chi connectivity index (χ0v) is 20.0. The number of rotatable bonds is 9. The fourth-order valence-corrected chi connectivity index (χ4v) is 4.11. The first-order valence-corrected chi connectivity index (χ1v) is 12.5. The van der Waals surface area contributed by atoms with Crippen LogP contribution >= 0.6 is 0 Å². The maximum atomic E-state index is 12.9. The molecule has 4 aromatic rings. The van der Waals surface area contributed by atoms with Crippen molar-refractivity contribution in [2.24, 2.45) is 10.3 Å². The van der Waals surface area contributed by atoms with Crippen molar-refractivity contribution < 1.29 is 13.3 Å². The largest absolute Gasteiger partial charge is 0.390 e. The maximum Gasteiger partial charge on any atom is 0.276 e. The summed E-state index contributed by atoms with van der Waals surface area (Å²) in [5, 5.41) is 8.74. The fraction of sp³-hybridized carbons (Fsp3) is 0.0714. The molecule has 35 heavy (non-hydrogen) atoms. The van der Waals surface area contributed by atoms with E-state index in [4.69, 9.17) is 4.84 Å². The van der Waals surface area contributed by atoms with E-state index in [-0.39, 0.29) is 11.5 Å². The minimum absolute atomic E-state index is 0.123. The third-order valence-corrected chi connectivity index (χ3v) is 6.38. The third-order valence-electron chi connectivity index (χ3n) is 5.16. The molecular formula is C28H25N3O3S. The van der Waals surface area contributed by atoms with Crippen LogP contribution in [0.5, 0.6) is 0 Å². The van der Waals surface area contributed by atoms with Gasteiger partial charge >= 0.3 is 0 Å². The third kappa shape index (κ3) is 6.43. The number of aryl methyl sites for hydroxylation is 1. The summed E-state index contributed by atoms with van der Waals surface area (Å²) in [5.74, 6) is 0. The number of nitrogens with one attached hydrogen (secondary N) is 1. The van der Waals surface area contributed by atoms with E-state index >= 15 is 0 Å². The Hall–Kier alpha value is -4.23. The highest BCUT2D eigenvalue weighted by Crippen LogP contribution is 2.14. The van der Waals surface area contributed by atoms with Crippen LogP contribution in [0.2, 0.25) is 0 Å². The number of hydrazone groups is 1. The van der Waals surface area contributed by atoms with E-state index in [0.717, 1.165) is 16.7 Å². The van der Waals surface area contributed by atoms with E-state index in [0.29, 0.717) is 17.0 Å². The second kappa shape index (κ2) is 11.3. The Labute approximate surface area is 205 Å². The quantitative estimate of drug-likeness (QED) is 0.259. The second-order valence-electron chi connectivity index (χ2n) is 7.80. The molecule has 6 nitrogen and oxygen atoms in total. The summed E-state index contributed by atoms with van der Waals surface area (Å²) in [7, 11) is -3.89. The molecule has 0 aliphatic carbocycles. The minimum atomic E-state index is -3.89. The predicted molar refractivity (Wildman–Crippen MR) is 139 cm³/mol. The average molecular weight is 484 g/mol. The van der Waals surface area contributed by atoms with E-state index in [2.05, 4.69) is 15.1 Å². The van der Waals surface area contributed by atoms with Gasteiger partial charge in [-0.25, -0.2) is 0 Å². The van der Waals surface area contributed by atoms with Crippen LogP contribution in [0.1, 0.15) is 22.3 Å². The zero-order chi connectivity index (χ0) is 24.5. The van der Waals surface area contributed by atoms with Crippen molar-refractivity contribution in [1.82, 2.24) is 4.83 Å². The van der Waals surface area contributed by atoms with Crippen molar-refractivity contribution in [3.05, 3.63) is 138 Å². The van der Waals surface area contributed by atoms with Crippen LogP contribution in [0.25, 0.3) is 0 Å². The molecule has 0 atom stereocenters. The fourth-order valence-electron chi connectivity index (χ4n) is 3.30. The Morgan fingerprint density at radius 2 is 1.23 bits per heavy atom. The number of oxime groups is 1. The highest BCUT2D eigenvalue weighted by Gasteiger charge is 2.19. The van der Waals surface area contributed by atoms with Gasteiger partial charge < -0.3 is 4.84 Å². The van der Waals surface area contributed by atoms with Gasteiger partial charge in [0.2, 0.25) is 0 Å². The van der Waals surface area contributed by atoms with E-state index in [1.165, 1.54) is 0 Å². The lowest BCUT2D eigenvalue weighted by Gasteiger charge is -2.12. The molecule has 4 aromatic carbocycles. The Kier molecular flexibility index (Phi) is 7.70. The Morgan fingerprint density at radius 3 is 1.80 bits per heavy atom. The molecule has 0 aromatic heterocycles. The van der Waals surface area contributed by atoms with Crippen LogP contribution in [0.4, 0.5) is 0 Å². The predicted octanol–water partition coefficient (Wildman–Crippen LogP) is 5.30. The topological polar surface area (TPSA) is 80.1 Å². The molecule has 0 aliphatic rings. The van der Waals surface area contributed by atoms with Crippen LogP contribution in [0, 0.1) is 6.92 Å². The van der Waals surface area contributed by atoms with Crippen molar-refractivity contribution in [2.75, 3.05) is 0 Å². The summed E-state index contributed by atoms with van der Waals surface area (Å²) in [6.07, 6.45) is 0. The van der Waals surface area contributed by atoms with Gasteiger partial charge in [-0.1, -0.05) is 114 Å². The lowest BCUT2D eigenvalue weighted by atomic mass is 10.00. The summed E-state index contributed by atoms with van der Waals surface area (Å²) in [6, 6.07) is 34.9. The summed E-state index contributed by atoms with van der Waals surface area (Å²) in [4.78, 5) is 8.20. The van der Waals surface area contributed by atoms with Crippen LogP contribution < -0.4 is 4.83 Å². The first kappa shape index (κ1) is 23.9. The van der Waals surface area contributed by atoms with Crippen LogP contribution in [-0.2, 0) is 21.5 Å². The zero-order valence-electron chi connectivity index (χ0n) is 19.2. The molecule has 0 bridgehead atoms. The molecule has 0 spiro atoms. The molecule has 0 radical (unpaired) electrons. The van der Waals surface area contributed by atoms with E-state index in [1.807, 2.05) is 97.9 Å². The monoisotopic (exact) mass is 483 g/mol. The average Bonchev–Trinajstić information content (AvgIpc) is 2.90. The van der Waals surface area contributed by atoms with Gasteiger partial charge in [0.25, 0.3) is 10.0 Å². The number of benzene rings is 4. The molecule has 0 heterocycles. The highest BCUT2D eigenvalue weighted by molar-refractivity contribution is 7.89. The van der Waals surface area contributed by atoms with Gasteiger partial charge in [0.1, 0.15) is 18.0 Å². The van der Waals surface area contributed by atoms with Crippen molar-refractivity contribution >= 4 is 21.4 Å². The molecule has 1 N–H and O–H groups in total. The summed E-state index contributed by atoms with van der Waals surface area (Å²) < 4.78 is 25.9. The lowest BCUT2D eigenvalue weighted by molar-refractivity contribution is 0.131. The lowest BCUT2D eigenvalue weighted by Crippen LogP contribution is -2.25. The standard InChI is InChI=1S/C28H25N3O3S/c1-22-17-19-26(20-18-22)35(32,33)31-29-27(24-13-7-3-8-14-24)28(25-15-9-4-10-16-25)30-34-21-23-11-5-2-6-12-23/h2-20,31H,21H2,1H3/b29-27+,30-28-. The van der Waals surface area contributed by atoms with Gasteiger partial charge in [0.05, 0.1) is 4.90 Å². The second-order valence-corrected chi connectivity index (χ2v) is 9.46. The van der Waals surface area contributed by atoms with Crippen molar-refractivity contribution in [3.8, 4) is 0 Å². The number of sulfonamides is 1. The number of hydrogen-bond acceptors (Lipinski definition) is 5. The van der Waals surface area contributed by atoms with Gasteiger partial charge in [-0.2, -0.15) is 18.4 Å². The van der Waals surface area contributed by atoms with Crippen molar-refractivity contribution in [2.45, 2.75) is 18.4 Å². The Bertz CT molecular complexity index is 1400. The van der Waals surface area contributed by atoms with E-state index in [9.17, 15) is 8.42 Å². The van der Waals surface area contributed by atoms with Gasteiger partial charge in [-0.05, 0) is 24.6 Å². The smallest absolute Gasteiger partial charge is 0.276 e. The van der Waals surface area contributed by atoms with E-state index < -0.39 is 10.0 Å². The van der Waals surface area contributed by atoms with Crippen LogP contribution in [0.3, 0.4) is 0 Å². The first-order chi connectivity index (χ1) is 17.0. The molecular weight excluding hydrogens is 458 g/mol. The first-order valence-electron chi connectivity index (χ1n) is 11.0. The van der Waals surface area contributed by atoms with Crippen molar-refractivity contribution in [3.63, 3.8) is 0 Å². The molecule has 7 heteroatoms. The van der Waals surface area contributed by atoms with E-state index in [1.54, 1.807) is 24.3 Å². The van der Waals surface area contributed by atoms with Gasteiger partial charge in [-0.15, -0.1) is 0 Å². The van der Waals surface area contributed by atoms with Gasteiger partial charge in [0.15, 0.2) is 0 Å². The molecule has 0 saturated heterocycles. The van der Waals surface area contributed by atoms with Crippen LogP contribution in [0.15, 0.2) is 130 Å². The molecule has 0 unspecified atom stereocenters. The van der Waals surface area contributed by atoms with Crippen molar-refractivity contribution in [1.29, 1.82) is 0 Å².